The lowest BCUT2D eigenvalue weighted by Crippen LogP contribution is -2.44. The zero-order chi connectivity index (χ0) is 13.7. The molecule has 2 rings (SSSR count). The average Bonchev–Trinajstić information content (AvgIpc) is 2.43. The molecule has 0 bridgehead atoms. The molecule has 0 aliphatic carbocycles. The molecule has 0 fully saturated rings. The SMILES string of the molecule is CC(C)N(CCCO)CC1COc2ccccc2O1. The molecule has 0 radical (unpaired) electrons. The maximum atomic E-state index is 8.95. The van der Waals surface area contributed by atoms with Gasteiger partial charge in [0.05, 0.1) is 0 Å². The first kappa shape index (κ1) is 14.2. The number of aliphatic hydroxyl groups excluding tert-OH is 1. The predicted molar refractivity (Wildman–Crippen MR) is 74.8 cm³/mol. The van der Waals surface area contributed by atoms with Gasteiger partial charge in [-0.25, -0.2) is 0 Å². The summed E-state index contributed by atoms with van der Waals surface area (Å²) < 4.78 is 11.7. The number of nitrogens with zero attached hydrogens (tertiary/aromatic N) is 1. The second-order valence-corrected chi connectivity index (χ2v) is 5.16. The van der Waals surface area contributed by atoms with E-state index in [1.54, 1.807) is 0 Å². The van der Waals surface area contributed by atoms with Crippen LogP contribution in [0.25, 0.3) is 0 Å². The summed E-state index contributed by atoms with van der Waals surface area (Å²) in [5, 5.41) is 8.95. The molecule has 4 heteroatoms. The van der Waals surface area contributed by atoms with Gasteiger partial charge >= 0.3 is 0 Å². The van der Waals surface area contributed by atoms with Crippen molar-refractivity contribution in [1.29, 1.82) is 0 Å². The van der Waals surface area contributed by atoms with Gasteiger partial charge in [0.15, 0.2) is 11.5 Å². The first-order valence-electron chi connectivity index (χ1n) is 6.94. The molecule has 0 aromatic heterocycles. The predicted octanol–water partition coefficient (Wildman–Crippen LogP) is 1.92. The van der Waals surface area contributed by atoms with Gasteiger partial charge in [0.25, 0.3) is 0 Å². The Kier molecular flexibility index (Phi) is 5.05. The summed E-state index contributed by atoms with van der Waals surface area (Å²) in [5.41, 5.74) is 0. The Morgan fingerprint density at radius 1 is 1.32 bits per heavy atom. The number of benzene rings is 1. The minimum atomic E-state index is 0.0518. The van der Waals surface area contributed by atoms with Crippen LogP contribution in [0.2, 0.25) is 0 Å². The third-order valence-electron chi connectivity index (χ3n) is 3.34. The molecular formula is C15H23NO3. The van der Waals surface area contributed by atoms with Crippen LogP contribution in [0.4, 0.5) is 0 Å². The van der Waals surface area contributed by atoms with E-state index < -0.39 is 0 Å². The first-order valence-corrected chi connectivity index (χ1v) is 6.94. The van der Waals surface area contributed by atoms with Crippen LogP contribution < -0.4 is 9.47 Å². The Hall–Kier alpha value is -1.26. The summed E-state index contributed by atoms with van der Waals surface area (Å²) in [5.74, 6) is 1.65. The zero-order valence-electron chi connectivity index (χ0n) is 11.7. The maximum Gasteiger partial charge on any atom is 0.161 e. The lowest BCUT2D eigenvalue weighted by molar-refractivity contribution is 0.0475. The molecule has 1 aromatic carbocycles. The molecule has 1 N–H and O–H groups in total. The molecule has 1 heterocycles. The van der Waals surface area contributed by atoms with E-state index in [4.69, 9.17) is 14.6 Å². The van der Waals surface area contributed by atoms with Crippen LogP contribution in [0.1, 0.15) is 20.3 Å². The number of aliphatic hydroxyl groups is 1. The maximum absolute atomic E-state index is 8.95. The highest BCUT2D eigenvalue weighted by Crippen LogP contribution is 2.31. The summed E-state index contributed by atoms with van der Waals surface area (Å²) in [6.07, 6.45) is 0.846. The topological polar surface area (TPSA) is 41.9 Å². The van der Waals surface area contributed by atoms with E-state index in [9.17, 15) is 0 Å². The summed E-state index contributed by atoms with van der Waals surface area (Å²) in [4.78, 5) is 2.32. The fourth-order valence-electron chi connectivity index (χ4n) is 2.25. The number of rotatable bonds is 6. The van der Waals surface area contributed by atoms with Gasteiger partial charge in [-0.15, -0.1) is 0 Å². The molecule has 106 valence electrons. The van der Waals surface area contributed by atoms with E-state index in [0.29, 0.717) is 12.6 Å². The molecular weight excluding hydrogens is 242 g/mol. The summed E-state index contributed by atoms with van der Waals surface area (Å²) in [6.45, 7) is 6.85. The van der Waals surface area contributed by atoms with Crippen LogP contribution >= 0.6 is 0 Å². The number of para-hydroxylation sites is 2. The van der Waals surface area contributed by atoms with Crippen LogP contribution in [0, 0.1) is 0 Å². The summed E-state index contributed by atoms with van der Waals surface area (Å²) in [6, 6.07) is 8.21. The van der Waals surface area contributed by atoms with Gasteiger partial charge in [-0.2, -0.15) is 0 Å². The molecule has 1 aromatic rings. The molecule has 0 spiro atoms. The van der Waals surface area contributed by atoms with Crippen LogP contribution in [-0.4, -0.2) is 48.5 Å². The molecule has 0 saturated heterocycles. The molecule has 1 aliphatic rings. The molecule has 19 heavy (non-hydrogen) atoms. The largest absolute Gasteiger partial charge is 0.486 e. The van der Waals surface area contributed by atoms with Crippen molar-refractivity contribution in [3.05, 3.63) is 24.3 Å². The van der Waals surface area contributed by atoms with E-state index in [-0.39, 0.29) is 12.7 Å². The van der Waals surface area contributed by atoms with Gasteiger partial charge in [0, 0.05) is 25.7 Å². The normalized spacial score (nSPS) is 18.1. The average molecular weight is 265 g/mol. The number of hydrogen-bond donors (Lipinski definition) is 1. The van der Waals surface area contributed by atoms with Crippen molar-refractivity contribution in [3.63, 3.8) is 0 Å². The second kappa shape index (κ2) is 6.78. The standard InChI is InChI=1S/C15H23NO3/c1-12(2)16(8-5-9-17)10-13-11-18-14-6-3-4-7-15(14)19-13/h3-4,6-7,12-13,17H,5,8-11H2,1-2H3. The molecule has 1 unspecified atom stereocenters. The van der Waals surface area contributed by atoms with Gasteiger partial charge in [0.1, 0.15) is 12.7 Å². The lowest BCUT2D eigenvalue weighted by Gasteiger charge is -2.33. The highest BCUT2D eigenvalue weighted by molar-refractivity contribution is 5.40. The summed E-state index contributed by atoms with van der Waals surface area (Å²) >= 11 is 0. The van der Waals surface area contributed by atoms with E-state index in [1.165, 1.54) is 0 Å². The minimum Gasteiger partial charge on any atom is -0.486 e. The van der Waals surface area contributed by atoms with Crippen LogP contribution in [0.3, 0.4) is 0 Å². The molecule has 4 nitrogen and oxygen atoms in total. The quantitative estimate of drug-likeness (QED) is 0.853. The Morgan fingerprint density at radius 2 is 2.05 bits per heavy atom. The smallest absolute Gasteiger partial charge is 0.161 e. The first-order chi connectivity index (χ1) is 9.20. The highest BCUT2D eigenvalue weighted by Gasteiger charge is 2.23. The van der Waals surface area contributed by atoms with Gasteiger partial charge in [-0.1, -0.05) is 12.1 Å². The van der Waals surface area contributed by atoms with Crippen molar-refractivity contribution in [2.24, 2.45) is 0 Å². The van der Waals surface area contributed by atoms with Crippen LogP contribution in [0.15, 0.2) is 24.3 Å². The van der Waals surface area contributed by atoms with E-state index in [1.807, 2.05) is 24.3 Å². The van der Waals surface area contributed by atoms with Crippen molar-refractivity contribution >= 4 is 0 Å². The van der Waals surface area contributed by atoms with Crippen molar-refractivity contribution in [2.45, 2.75) is 32.4 Å². The van der Waals surface area contributed by atoms with Crippen molar-refractivity contribution < 1.29 is 14.6 Å². The molecule has 0 amide bonds. The third kappa shape index (κ3) is 3.85. The van der Waals surface area contributed by atoms with Gasteiger partial charge in [-0.3, -0.25) is 4.90 Å². The van der Waals surface area contributed by atoms with Gasteiger partial charge in [0.2, 0.25) is 0 Å². The third-order valence-corrected chi connectivity index (χ3v) is 3.34. The second-order valence-electron chi connectivity index (χ2n) is 5.16. The Bertz CT molecular complexity index is 395. The van der Waals surface area contributed by atoms with E-state index >= 15 is 0 Å². The zero-order valence-corrected chi connectivity index (χ0v) is 11.7. The van der Waals surface area contributed by atoms with E-state index in [0.717, 1.165) is 31.0 Å². The molecule has 1 atom stereocenters. The van der Waals surface area contributed by atoms with Crippen LogP contribution in [-0.2, 0) is 0 Å². The number of fused-ring (bicyclic) bond motifs is 1. The van der Waals surface area contributed by atoms with Gasteiger partial charge in [-0.05, 0) is 32.4 Å². The van der Waals surface area contributed by atoms with E-state index in [2.05, 4.69) is 18.7 Å². The minimum absolute atomic E-state index is 0.0518. The molecule has 0 saturated carbocycles. The summed E-state index contributed by atoms with van der Waals surface area (Å²) in [7, 11) is 0. The highest BCUT2D eigenvalue weighted by atomic mass is 16.6. The van der Waals surface area contributed by atoms with Crippen molar-refractivity contribution in [1.82, 2.24) is 4.90 Å². The Balaban J connectivity index is 1.92. The van der Waals surface area contributed by atoms with Gasteiger partial charge < -0.3 is 14.6 Å². The number of ether oxygens (including phenoxy) is 2. The van der Waals surface area contributed by atoms with Crippen LogP contribution in [0.5, 0.6) is 11.5 Å². The fraction of sp³-hybridized carbons (Fsp3) is 0.600. The molecule has 1 aliphatic heterocycles. The van der Waals surface area contributed by atoms with Crippen molar-refractivity contribution in [3.8, 4) is 11.5 Å². The number of hydrogen-bond acceptors (Lipinski definition) is 4. The monoisotopic (exact) mass is 265 g/mol. The Labute approximate surface area is 114 Å². The lowest BCUT2D eigenvalue weighted by atomic mass is 10.2. The fourth-order valence-corrected chi connectivity index (χ4v) is 2.25. The van der Waals surface area contributed by atoms with Crippen molar-refractivity contribution in [2.75, 3.05) is 26.3 Å². The Morgan fingerprint density at radius 3 is 2.74 bits per heavy atom.